The van der Waals surface area contributed by atoms with E-state index in [-0.39, 0.29) is 28.2 Å². The number of aromatic carboxylic acids is 2. The Bertz CT molecular complexity index is 608. The van der Waals surface area contributed by atoms with Crippen LogP contribution in [0.4, 0.5) is 0 Å². The summed E-state index contributed by atoms with van der Waals surface area (Å²) in [6, 6.07) is 12.8. The van der Waals surface area contributed by atoms with E-state index in [1.807, 2.05) is 0 Å². The van der Waals surface area contributed by atoms with Crippen LogP contribution in [0.15, 0.2) is 48.5 Å². The van der Waals surface area contributed by atoms with Crippen LogP contribution < -0.4 is 10.2 Å². The summed E-state index contributed by atoms with van der Waals surface area (Å²) < 4.78 is 0. The van der Waals surface area contributed by atoms with Crippen LogP contribution in [0.25, 0.3) is 11.1 Å². The van der Waals surface area contributed by atoms with Crippen LogP contribution in [-0.4, -0.2) is 11.9 Å². The fourth-order valence-corrected chi connectivity index (χ4v) is 1.80. The Labute approximate surface area is 120 Å². The zero-order valence-corrected chi connectivity index (χ0v) is 10.5. The van der Waals surface area contributed by atoms with E-state index in [4.69, 9.17) is 0 Å². The Morgan fingerprint density at radius 1 is 0.789 bits per heavy atom. The van der Waals surface area contributed by atoms with Crippen LogP contribution >= 0.6 is 0 Å². The van der Waals surface area contributed by atoms with Crippen molar-refractivity contribution < 1.29 is 36.9 Å². The van der Waals surface area contributed by atoms with Gasteiger partial charge in [0.1, 0.15) is 0 Å². The third kappa shape index (κ3) is 3.02. The van der Waals surface area contributed by atoms with Gasteiger partial charge in [-0.15, -0.1) is 0 Å². The molecule has 0 aliphatic heterocycles. The van der Waals surface area contributed by atoms with Crippen molar-refractivity contribution in [1.82, 2.24) is 0 Å². The molecule has 0 bridgehead atoms. The largest absolute Gasteiger partial charge is 2.00 e. The van der Waals surface area contributed by atoms with Gasteiger partial charge in [0.25, 0.3) is 0 Å². The molecule has 19 heavy (non-hydrogen) atoms. The van der Waals surface area contributed by atoms with Crippen molar-refractivity contribution in [2.24, 2.45) is 0 Å². The summed E-state index contributed by atoms with van der Waals surface area (Å²) in [5.41, 5.74) is 0.178. The summed E-state index contributed by atoms with van der Waals surface area (Å²) in [4.78, 5) is 22.0. The SMILES string of the molecule is O=C([O-])c1cccc(-c2ccccc2)c1C(=O)[O-].[Cu+2]. The summed E-state index contributed by atoms with van der Waals surface area (Å²) in [7, 11) is 0. The van der Waals surface area contributed by atoms with E-state index in [0.717, 1.165) is 0 Å². The van der Waals surface area contributed by atoms with Crippen molar-refractivity contribution >= 4 is 11.9 Å². The predicted octanol–water partition coefficient (Wildman–Crippen LogP) is 0.0781. The summed E-state index contributed by atoms with van der Waals surface area (Å²) >= 11 is 0. The van der Waals surface area contributed by atoms with E-state index in [0.29, 0.717) is 11.1 Å². The van der Waals surface area contributed by atoms with Gasteiger partial charge in [-0.2, -0.15) is 0 Å². The quantitative estimate of drug-likeness (QED) is 0.752. The van der Waals surface area contributed by atoms with Crippen LogP contribution in [0.3, 0.4) is 0 Å². The maximum atomic E-state index is 11.1. The van der Waals surface area contributed by atoms with Crippen molar-refractivity contribution in [2.45, 2.75) is 0 Å². The molecule has 0 fully saturated rings. The van der Waals surface area contributed by atoms with Gasteiger partial charge in [-0.3, -0.25) is 0 Å². The molecule has 0 atom stereocenters. The van der Waals surface area contributed by atoms with Gasteiger partial charge in [0.2, 0.25) is 0 Å². The minimum Gasteiger partial charge on any atom is -0.545 e. The molecule has 0 saturated carbocycles. The van der Waals surface area contributed by atoms with E-state index in [9.17, 15) is 19.8 Å². The van der Waals surface area contributed by atoms with E-state index in [1.165, 1.54) is 18.2 Å². The van der Waals surface area contributed by atoms with Crippen molar-refractivity contribution in [1.29, 1.82) is 0 Å². The third-order valence-corrected chi connectivity index (χ3v) is 2.57. The molecule has 0 amide bonds. The van der Waals surface area contributed by atoms with E-state index in [1.54, 1.807) is 30.3 Å². The molecule has 0 aliphatic carbocycles. The molecule has 0 heterocycles. The third-order valence-electron chi connectivity index (χ3n) is 2.57. The number of carboxylic acid groups (broad SMARTS) is 2. The van der Waals surface area contributed by atoms with Gasteiger partial charge in [0.15, 0.2) is 0 Å². The monoisotopic (exact) mass is 303 g/mol. The summed E-state index contributed by atoms with van der Waals surface area (Å²) in [5.74, 6) is -3.07. The second-order valence-corrected chi connectivity index (χ2v) is 3.67. The number of hydrogen-bond donors (Lipinski definition) is 0. The normalized spacial score (nSPS) is 9.47. The minimum absolute atomic E-state index is 0. The average Bonchev–Trinajstić information content (AvgIpc) is 2.38. The number of carbonyl (C=O) groups excluding carboxylic acids is 2. The number of rotatable bonds is 3. The van der Waals surface area contributed by atoms with E-state index >= 15 is 0 Å². The number of hydrogen-bond acceptors (Lipinski definition) is 4. The molecular formula is C14H8CuO4. The molecule has 0 aromatic heterocycles. The molecule has 2 rings (SSSR count). The molecule has 1 radical (unpaired) electrons. The van der Waals surface area contributed by atoms with Crippen molar-refractivity contribution in [3.05, 3.63) is 59.7 Å². The first-order valence-electron chi connectivity index (χ1n) is 5.22. The van der Waals surface area contributed by atoms with Crippen LogP contribution in [0.1, 0.15) is 20.7 Å². The Kier molecular flexibility index (Phi) is 4.87. The van der Waals surface area contributed by atoms with Gasteiger partial charge in [-0.25, -0.2) is 0 Å². The number of carbonyl (C=O) groups is 2. The molecule has 2 aromatic carbocycles. The van der Waals surface area contributed by atoms with Crippen molar-refractivity contribution in [2.75, 3.05) is 0 Å². The van der Waals surface area contributed by atoms with Crippen LogP contribution in [0, 0.1) is 0 Å². The van der Waals surface area contributed by atoms with Gasteiger partial charge in [-0.05, 0) is 11.1 Å². The van der Waals surface area contributed by atoms with Gasteiger partial charge in [0.05, 0.1) is 11.9 Å². The second kappa shape index (κ2) is 6.18. The van der Waals surface area contributed by atoms with Gasteiger partial charge in [-0.1, -0.05) is 48.5 Å². The molecule has 4 nitrogen and oxygen atoms in total. The first-order chi connectivity index (χ1) is 8.61. The number of carboxylic acids is 2. The van der Waals surface area contributed by atoms with Gasteiger partial charge < -0.3 is 19.8 Å². The fraction of sp³-hybridized carbons (Fsp3) is 0. The molecule has 2 aromatic rings. The number of benzene rings is 2. The Balaban J connectivity index is 0.00000180. The molecular weight excluding hydrogens is 296 g/mol. The Hall–Kier alpha value is -2.10. The molecule has 0 aliphatic rings. The zero-order chi connectivity index (χ0) is 13.1. The summed E-state index contributed by atoms with van der Waals surface area (Å²) in [6.45, 7) is 0. The maximum absolute atomic E-state index is 11.1. The molecule has 0 saturated heterocycles. The molecule has 5 heteroatoms. The molecule has 0 N–H and O–H groups in total. The van der Waals surface area contributed by atoms with Crippen LogP contribution in [0.5, 0.6) is 0 Å². The zero-order valence-electron chi connectivity index (χ0n) is 9.55. The van der Waals surface area contributed by atoms with Gasteiger partial charge in [0, 0.05) is 11.1 Å². The van der Waals surface area contributed by atoms with Crippen LogP contribution in [-0.2, 0) is 17.1 Å². The second-order valence-electron chi connectivity index (χ2n) is 3.67. The minimum atomic E-state index is -1.54. The molecule has 0 unspecified atom stereocenters. The molecule has 99 valence electrons. The smallest absolute Gasteiger partial charge is 0.545 e. The van der Waals surface area contributed by atoms with Crippen molar-refractivity contribution in [3.63, 3.8) is 0 Å². The Morgan fingerprint density at radius 3 is 1.95 bits per heavy atom. The Morgan fingerprint density at radius 2 is 1.42 bits per heavy atom. The average molecular weight is 304 g/mol. The van der Waals surface area contributed by atoms with E-state index < -0.39 is 11.9 Å². The first kappa shape index (κ1) is 15.0. The summed E-state index contributed by atoms with van der Waals surface area (Å²) in [5, 5.41) is 22.0. The van der Waals surface area contributed by atoms with E-state index in [2.05, 4.69) is 0 Å². The van der Waals surface area contributed by atoms with Crippen LogP contribution in [0.2, 0.25) is 0 Å². The topological polar surface area (TPSA) is 80.3 Å². The first-order valence-corrected chi connectivity index (χ1v) is 5.22. The molecule has 0 spiro atoms. The standard InChI is InChI=1S/C14H10O4.Cu/c15-13(16)11-8-4-7-10(12(11)14(17)18)9-5-2-1-3-6-9;/h1-8H,(H,15,16)(H,17,18);/q;+2/p-2. The fourth-order valence-electron chi connectivity index (χ4n) is 1.80. The maximum Gasteiger partial charge on any atom is 2.00 e. The van der Waals surface area contributed by atoms with Gasteiger partial charge >= 0.3 is 17.1 Å². The summed E-state index contributed by atoms with van der Waals surface area (Å²) in [6.07, 6.45) is 0. The predicted molar refractivity (Wildman–Crippen MR) is 60.5 cm³/mol. The van der Waals surface area contributed by atoms with Crippen molar-refractivity contribution in [3.8, 4) is 11.1 Å².